The molecular formula is C20H21N3O4S. The average molecular weight is 399 g/mol. The fraction of sp³-hybridized carbons (Fsp3) is 0.200. The first-order valence-electron chi connectivity index (χ1n) is 8.70. The van der Waals surface area contributed by atoms with Crippen molar-refractivity contribution in [3.05, 3.63) is 77.6 Å². The van der Waals surface area contributed by atoms with Crippen molar-refractivity contribution in [2.45, 2.75) is 25.3 Å². The van der Waals surface area contributed by atoms with Crippen LogP contribution in [0.25, 0.3) is 0 Å². The summed E-state index contributed by atoms with van der Waals surface area (Å²) in [6, 6.07) is 13.3. The van der Waals surface area contributed by atoms with Gasteiger partial charge in [-0.25, -0.2) is 13.2 Å². The number of sulfonamides is 1. The van der Waals surface area contributed by atoms with Crippen LogP contribution in [0.4, 0.5) is 5.69 Å². The Bertz CT molecular complexity index is 1080. The van der Waals surface area contributed by atoms with E-state index in [2.05, 4.69) is 9.82 Å². The van der Waals surface area contributed by atoms with Gasteiger partial charge in [0.25, 0.3) is 10.0 Å². The molecule has 0 unspecified atom stereocenters. The number of benzene rings is 2. The molecular weight excluding hydrogens is 378 g/mol. The highest BCUT2D eigenvalue weighted by Crippen LogP contribution is 2.23. The molecule has 146 valence electrons. The van der Waals surface area contributed by atoms with Gasteiger partial charge in [0.1, 0.15) is 6.61 Å². The van der Waals surface area contributed by atoms with Crippen molar-refractivity contribution in [1.29, 1.82) is 0 Å². The maximum atomic E-state index is 12.8. The SMILES string of the molecule is Cc1ccc(C)c(S(=O)(=O)Nc2ccccc2C(=O)OCCn2cccn2)c1. The van der Waals surface area contributed by atoms with E-state index in [-0.39, 0.29) is 22.8 Å². The Hall–Kier alpha value is -3.13. The summed E-state index contributed by atoms with van der Waals surface area (Å²) < 4.78 is 35.1. The van der Waals surface area contributed by atoms with Gasteiger partial charge >= 0.3 is 5.97 Å². The first-order chi connectivity index (χ1) is 13.4. The Balaban J connectivity index is 1.77. The number of hydrogen-bond donors (Lipinski definition) is 1. The van der Waals surface area contributed by atoms with Crippen LogP contribution in [-0.2, 0) is 21.3 Å². The van der Waals surface area contributed by atoms with Gasteiger partial charge in [0.15, 0.2) is 0 Å². The number of ether oxygens (including phenoxy) is 1. The lowest BCUT2D eigenvalue weighted by Gasteiger charge is -2.14. The number of aromatic nitrogens is 2. The lowest BCUT2D eigenvalue weighted by molar-refractivity contribution is 0.0489. The number of aryl methyl sites for hydroxylation is 2. The van der Waals surface area contributed by atoms with E-state index in [4.69, 9.17) is 4.74 Å². The molecule has 0 atom stereocenters. The summed E-state index contributed by atoms with van der Waals surface area (Å²) in [5.74, 6) is -0.605. The van der Waals surface area contributed by atoms with Gasteiger partial charge in [-0.05, 0) is 49.2 Å². The van der Waals surface area contributed by atoms with Crippen molar-refractivity contribution < 1.29 is 17.9 Å². The summed E-state index contributed by atoms with van der Waals surface area (Å²) in [4.78, 5) is 12.6. The molecule has 0 aliphatic heterocycles. The van der Waals surface area contributed by atoms with Gasteiger partial charge in [-0.2, -0.15) is 5.10 Å². The number of carbonyl (C=O) groups excluding carboxylic acids is 1. The minimum absolute atomic E-state index is 0.124. The highest BCUT2D eigenvalue weighted by molar-refractivity contribution is 7.92. The van der Waals surface area contributed by atoms with E-state index in [1.54, 1.807) is 54.3 Å². The summed E-state index contributed by atoms with van der Waals surface area (Å²) in [5.41, 5.74) is 1.78. The molecule has 2 aromatic carbocycles. The summed E-state index contributed by atoms with van der Waals surface area (Å²) in [7, 11) is -3.85. The molecule has 3 rings (SSSR count). The zero-order valence-corrected chi connectivity index (χ0v) is 16.4. The van der Waals surface area contributed by atoms with Crippen molar-refractivity contribution in [3.63, 3.8) is 0 Å². The normalized spacial score (nSPS) is 11.2. The summed E-state index contributed by atoms with van der Waals surface area (Å²) in [6.45, 7) is 4.08. The Labute approximate surface area is 164 Å². The number of carbonyl (C=O) groups is 1. The van der Waals surface area contributed by atoms with Gasteiger partial charge < -0.3 is 4.74 Å². The van der Waals surface area contributed by atoms with Gasteiger partial charge in [0.2, 0.25) is 0 Å². The van der Waals surface area contributed by atoms with Crippen molar-refractivity contribution in [2.75, 3.05) is 11.3 Å². The second-order valence-electron chi connectivity index (χ2n) is 6.33. The molecule has 1 aromatic heterocycles. The Morgan fingerprint density at radius 2 is 1.93 bits per heavy atom. The van der Waals surface area contributed by atoms with Crippen LogP contribution in [-0.4, -0.2) is 30.8 Å². The standard InChI is InChI=1S/C20H21N3O4S/c1-15-8-9-16(2)19(14-15)28(25,26)22-18-7-4-3-6-17(18)20(24)27-13-12-23-11-5-10-21-23/h3-11,14,22H,12-13H2,1-2H3. The molecule has 1 heterocycles. The smallest absolute Gasteiger partial charge is 0.340 e. The Morgan fingerprint density at radius 1 is 1.14 bits per heavy atom. The molecule has 0 aliphatic carbocycles. The summed E-state index contributed by atoms with van der Waals surface area (Å²) >= 11 is 0. The fourth-order valence-corrected chi connectivity index (χ4v) is 4.10. The Kier molecular flexibility index (Phi) is 5.79. The number of rotatable bonds is 7. The molecule has 0 fully saturated rings. The quantitative estimate of drug-likeness (QED) is 0.617. The van der Waals surface area contributed by atoms with Crippen molar-refractivity contribution in [3.8, 4) is 0 Å². The monoisotopic (exact) mass is 399 g/mol. The van der Waals surface area contributed by atoms with Gasteiger partial charge in [-0.15, -0.1) is 0 Å². The molecule has 0 aliphatic rings. The lowest BCUT2D eigenvalue weighted by Crippen LogP contribution is -2.18. The third-order valence-electron chi connectivity index (χ3n) is 4.14. The third-order valence-corrected chi connectivity index (χ3v) is 5.64. The average Bonchev–Trinajstić information content (AvgIpc) is 3.17. The molecule has 7 nitrogen and oxygen atoms in total. The summed E-state index contributed by atoms with van der Waals surface area (Å²) in [5, 5.41) is 4.03. The number of anilines is 1. The van der Waals surface area contributed by atoms with Crippen molar-refractivity contribution >= 4 is 21.7 Å². The zero-order valence-electron chi connectivity index (χ0n) is 15.6. The number of hydrogen-bond acceptors (Lipinski definition) is 5. The highest BCUT2D eigenvalue weighted by atomic mass is 32.2. The second-order valence-corrected chi connectivity index (χ2v) is 7.98. The molecule has 0 spiro atoms. The molecule has 0 saturated carbocycles. The van der Waals surface area contributed by atoms with E-state index in [0.717, 1.165) is 5.56 Å². The minimum Gasteiger partial charge on any atom is -0.460 e. The highest BCUT2D eigenvalue weighted by Gasteiger charge is 2.21. The van der Waals surface area contributed by atoms with Crippen molar-refractivity contribution in [2.24, 2.45) is 0 Å². The lowest BCUT2D eigenvalue weighted by atomic mass is 10.2. The zero-order chi connectivity index (χ0) is 20.1. The topological polar surface area (TPSA) is 90.3 Å². The number of nitrogens with zero attached hydrogens (tertiary/aromatic N) is 2. The van der Waals surface area contributed by atoms with Gasteiger partial charge in [0, 0.05) is 12.4 Å². The predicted octanol–water partition coefficient (Wildman–Crippen LogP) is 3.16. The van der Waals surface area contributed by atoms with E-state index < -0.39 is 16.0 Å². The van der Waals surface area contributed by atoms with Crippen LogP contribution in [0.1, 0.15) is 21.5 Å². The van der Waals surface area contributed by atoms with Crippen LogP contribution < -0.4 is 4.72 Å². The maximum Gasteiger partial charge on any atom is 0.340 e. The van der Waals surface area contributed by atoms with Gasteiger partial charge in [-0.3, -0.25) is 9.40 Å². The van der Waals surface area contributed by atoms with E-state index in [1.165, 1.54) is 12.1 Å². The summed E-state index contributed by atoms with van der Waals surface area (Å²) in [6.07, 6.45) is 3.40. The molecule has 1 N–H and O–H groups in total. The van der Waals surface area contributed by atoms with E-state index in [1.807, 2.05) is 13.0 Å². The molecule has 0 bridgehead atoms. The largest absolute Gasteiger partial charge is 0.460 e. The molecule has 3 aromatic rings. The van der Waals surface area contributed by atoms with E-state index in [0.29, 0.717) is 12.1 Å². The van der Waals surface area contributed by atoms with Gasteiger partial charge in [-0.1, -0.05) is 24.3 Å². The van der Waals surface area contributed by atoms with Crippen LogP contribution in [0.15, 0.2) is 65.8 Å². The van der Waals surface area contributed by atoms with E-state index in [9.17, 15) is 13.2 Å². The maximum absolute atomic E-state index is 12.8. The van der Waals surface area contributed by atoms with E-state index >= 15 is 0 Å². The second kappa shape index (κ2) is 8.26. The molecule has 0 amide bonds. The predicted molar refractivity (Wildman–Crippen MR) is 106 cm³/mol. The third kappa shape index (κ3) is 4.58. The number of para-hydroxylation sites is 1. The van der Waals surface area contributed by atoms with Crippen molar-refractivity contribution in [1.82, 2.24) is 9.78 Å². The molecule has 28 heavy (non-hydrogen) atoms. The number of esters is 1. The minimum atomic E-state index is -3.85. The van der Waals surface area contributed by atoms with Crippen LogP contribution in [0, 0.1) is 13.8 Å². The first kappa shape index (κ1) is 19.6. The Morgan fingerprint density at radius 3 is 2.68 bits per heavy atom. The molecule has 0 radical (unpaired) electrons. The number of nitrogens with one attached hydrogen (secondary N) is 1. The molecule has 0 saturated heterocycles. The van der Waals surface area contributed by atoms with Crippen LogP contribution >= 0.6 is 0 Å². The van der Waals surface area contributed by atoms with Crippen LogP contribution in [0.3, 0.4) is 0 Å². The fourth-order valence-electron chi connectivity index (χ4n) is 2.69. The first-order valence-corrected chi connectivity index (χ1v) is 10.2. The van der Waals surface area contributed by atoms with Crippen LogP contribution in [0.5, 0.6) is 0 Å². The van der Waals surface area contributed by atoms with Gasteiger partial charge in [0.05, 0.1) is 22.7 Å². The molecule has 8 heteroatoms. The van der Waals surface area contributed by atoms with Crippen LogP contribution in [0.2, 0.25) is 0 Å².